The normalized spacial score (nSPS) is 9.18. The molecule has 0 saturated carbocycles. The average Bonchev–Trinajstić information content (AvgIpc) is 2.50. The average molecular weight is 170 g/mol. The van der Waals surface area contributed by atoms with Gasteiger partial charge in [-0.3, -0.25) is 9.59 Å². The second-order valence-corrected chi connectivity index (χ2v) is 2.74. The second kappa shape index (κ2) is 3.30. The SMILES string of the molecule is COc1csc(C(=O)C=O)c1. The first-order valence-electron chi connectivity index (χ1n) is 2.90. The molecule has 0 spiro atoms. The van der Waals surface area contributed by atoms with E-state index < -0.39 is 5.78 Å². The van der Waals surface area contributed by atoms with Crippen LogP contribution in [0.2, 0.25) is 0 Å². The molecule has 0 amide bonds. The number of ether oxygens (including phenoxy) is 1. The third kappa shape index (κ3) is 1.65. The standard InChI is InChI=1S/C7H6O3S/c1-10-5-2-7(11-4-5)6(9)3-8/h2-4H,1H3. The molecule has 0 aromatic carbocycles. The van der Waals surface area contributed by atoms with Gasteiger partial charge in [0.05, 0.1) is 12.0 Å². The molecule has 0 saturated heterocycles. The number of Topliss-reactive ketones (excluding diaryl/α,β-unsaturated/α-hetero) is 1. The van der Waals surface area contributed by atoms with E-state index in [9.17, 15) is 9.59 Å². The van der Waals surface area contributed by atoms with Gasteiger partial charge in [-0.05, 0) is 0 Å². The number of rotatable bonds is 3. The molecule has 0 fully saturated rings. The maximum atomic E-state index is 10.7. The van der Waals surface area contributed by atoms with E-state index in [0.717, 1.165) is 0 Å². The fraction of sp³-hybridized carbons (Fsp3) is 0.143. The molecule has 0 aliphatic rings. The quantitative estimate of drug-likeness (QED) is 0.388. The number of carbonyl (C=O) groups is 2. The van der Waals surface area contributed by atoms with E-state index in [1.807, 2.05) is 0 Å². The Morgan fingerprint density at radius 1 is 1.73 bits per heavy atom. The van der Waals surface area contributed by atoms with Gasteiger partial charge in [0.2, 0.25) is 5.78 Å². The third-order valence-corrected chi connectivity index (χ3v) is 2.08. The largest absolute Gasteiger partial charge is 0.496 e. The van der Waals surface area contributed by atoms with Crippen LogP contribution in [-0.2, 0) is 4.79 Å². The molecule has 3 nitrogen and oxygen atoms in total. The van der Waals surface area contributed by atoms with Crippen LogP contribution < -0.4 is 4.74 Å². The Balaban J connectivity index is 2.88. The van der Waals surface area contributed by atoms with Crippen molar-refractivity contribution in [3.05, 3.63) is 16.3 Å². The first-order chi connectivity index (χ1) is 5.27. The minimum absolute atomic E-state index is 0.297. The Kier molecular flexibility index (Phi) is 2.38. The summed E-state index contributed by atoms with van der Waals surface area (Å²) in [5.74, 6) is 0.110. The molecule has 1 heterocycles. The van der Waals surface area contributed by atoms with Crippen molar-refractivity contribution < 1.29 is 14.3 Å². The van der Waals surface area contributed by atoms with Crippen LogP contribution in [0, 0.1) is 0 Å². The number of hydrogen-bond donors (Lipinski definition) is 0. The first kappa shape index (κ1) is 7.94. The van der Waals surface area contributed by atoms with Crippen molar-refractivity contribution in [1.82, 2.24) is 0 Å². The monoisotopic (exact) mass is 170 g/mol. The molecule has 0 aliphatic heterocycles. The van der Waals surface area contributed by atoms with Crippen molar-refractivity contribution in [2.75, 3.05) is 7.11 Å². The molecular weight excluding hydrogens is 164 g/mol. The lowest BCUT2D eigenvalue weighted by molar-refractivity contribution is -0.104. The Bertz CT molecular complexity index is 277. The molecule has 0 bridgehead atoms. The van der Waals surface area contributed by atoms with Crippen LogP contribution in [0.25, 0.3) is 0 Å². The third-order valence-electron chi connectivity index (χ3n) is 1.16. The highest BCUT2D eigenvalue weighted by molar-refractivity contribution is 7.13. The topological polar surface area (TPSA) is 43.4 Å². The summed E-state index contributed by atoms with van der Waals surface area (Å²) in [6, 6.07) is 1.54. The highest BCUT2D eigenvalue weighted by atomic mass is 32.1. The molecule has 0 N–H and O–H groups in total. The molecular formula is C7H6O3S. The Labute approximate surface area is 67.6 Å². The molecule has 1 aromatic rings. The number of hydrogen-bond acceptors (Lipinski definition) is 4. The fourth-order valence-electron chi connectivity index (χ4n) is 0.613. The highest BCUT2D eigenvalue weighted by Gasteiger charge is 2.06. The van der Waals surface area contributed by atoms with Gasteiger partial charge in [-0.2, -0.15) is 0 Å². The maximum Gasteiger partial charge on any atom is 0.235 e. The van der Waals surface area contributed by atoms with E-state index in [-0.39, 0.29) is 0 Å². The Morgan fingerprint density at radius 2 is 2.45 bits per heavy atom. The van der Waals surface area contributed by atoms with Gasteiger partial charge in [-0.15, -0.1) is 11.3 Å². The number of carbonyl (C=O) groups excluding carboxylic acids is 2. The first-order valence-corrected chi connectivity index (χ1v) is 3.78. The predicted octanol–water partition coefficient (Wildman–Crippen LogP) is 1.14. The van der Waals surface area contributed by atoms with Crippen LogP contribution in [0.3, 0.4) is 0 Å². The lowest BCUT2D eigenvalue weighted by Gasteiger charge is -1.88. The molecule has 4 heteroatoms. The minimum Gasteiger partial charge on any atom is -0.496 e. The van der Waals surface area contributed by atoms with Crippen LogP contribution in [0.5, 0.6) is 5.75 Å². The highest BCUT2D eigenvalue weighted by Crippen LogP contribution is 2.20. The van der Waals surface area contributed by atoms with Gasteiger partial charge in [0, 0.05) is 11.4 Å². The number of aldehydes is 1. The maximum absolute atomic E-state index is 10.7. The fourth-order valence-corrected chi connectivity index (χ4v) is 1.37. The van der Waals surface area contributed by atoms with E-state index >= 15 is 0 Å². The van der Waals surface area contributed by atoms with Crippen molar-refractivity contribution in [3.8, 4) is 5.75 Å². The molecule has 0 radical (unpaired) electrons. The van der Waals surface area contributed by atoms with Gasteiger partial charge in [-0.25, -0.2) is 0 Å². The van der Waals surface area contributed by atoms with E-state index in [0.29, 0.717) is 16.9 Å². The summed E-state index contributed by atoms with van der Waals surface area (Å²) >= 11 is 1.20. The van der Waals surface area contributed by atoms with E-state index in [4.69, 9.17) is 4.74 Å². The number of thiophene rings is 1. The van der Waals surface area contributed by atoms with Crippen molar-refractivity contribution >= 4 is 23.4 Å². The second-order valence-electron chi connectivity index (χ2n) is 1.83. The molecule has 1 rings (SSSR count). The lowest BCUT2D eigenvalue weighted by atomic mass is 10.3. The molecule has 11 heavy (non-hydrogen) atoms. The van der Waals surface area contributed by atoms with Crippen LogP contribution in [0.1, 0.15) is 9.67 Å². The number of methoxy groups -OCH3 is 1. The summed E-state index contributed by atoms with van der Waals surface area (Å²) in [5.41, 5.74) is 0. The van der Waals surface area contributed by atoms with Crippen molar-refractivity contribution in [3.63, 3.8) is 0 Å². The van der Waals surface area contributed by atoms with Crippen LogP contribution >= 0.6 is 11.3 Å². The van der Waals surface area contributed by atoms with Gasteiger partial charge in [0.1, 0.15) is 5.75 Å². The zero-order chi connectivity index (χ0) is 8.27. The summed E-state index contributed by atoms with van der Waals surface area (Å²) in [6.07, 6.45) is 0.297. The van der Waals surface area contributed by atoms with E-state index in [2.05, 4.69) is 0 Å². The molecule has 1 aromatic heterocycles. The van der Waals surface area contributed by atoms with Crippen molar-refractivity contribution in [1.29, 1.82) is 0 Å². The van der Waals surface area contributed by atoms with Gasteiger partial charge >= 0.3 is 0 Å². The van der Waals surface area contributed by atoms with Crippen molar-refractivity contribution in [2.24, 2.45) is 0 Å². The van der Waals surface area contributed by atoms with Gasteiger partial charge in [0.15, 0.2) is 6.29 Å². The zero-order valence-corrected chi connectivity index (χ0v) is 6.68. The minimum atomic E-state index is -0.502. The smallest absolute Gasteiger partial charge is 0.235 e. The molecule has 0 atom stereocenters. The van der Waals surface area contributed by atoms with Crippen LogP contribution in [0.15, 0.2) is 11.4 Å². The lowest BCUT2D eigenvalue weighted by Crippen LogP contribution is -1.95. The number of ketones is 1. The predicted molar refractivity (Wildman–Crippen MR) is 41.3 cm³/mol. The van der Waals surface area contributed by atoms with Crippen LogP contribution in [0.4, 0.5) is 0 Å². The van der Waals surface area contributed by atoms with Gasteiger partial charge in [0.25, 0.3) is 0 Å². The van der Waals surface area contributed by atoms with Crippen LogP contribution in [-0.4, -0.2) is 19.2 Å². The molecule has 0 aliphatic carbocycles. The van der Waals surface area contributed by atoms with E-state index in [1.165, 1.54) is 18.4 Å². The van der Waals surface area contributed by atoms with Crippen molar-refractivity contribution in [2.45, 2.75) is 0 Å². The summed E-state index contributed by atoms with van der Waals surface area (Å²) in [5, 5.41) is 1.68. The zero-order valence-electron chi connectivity index (χ0n) is 5.87. The Morgan fingerprint density at radius 3 is 2.91 bits per heavy atom. The summed E-state index contributed by atoms with van der Waals surface area (Å²) in [6.45, 7) is 0. The molecule has 58 valence electrons. The summed E-state index contributed by atoms with van der Waals surface area (Å²) < 4.78 is 4.83. The summed E-state index contributed by atoms with van der Waals surface area (Å²) in [4.78, 5) is 21.2. The van der Waals surface area contributed by atoms with Gasteiger partial charge in [-0.1, -0.05) is 0 Å². The summed E-state index contributed by atoms with van der Waals surface area (Å²) in [7, 11) is 1.51. The van der Waals surface area contributed by atoms with Gasteiger partial charge < -0.3 is 4.74 Å². The van der Waals surface area contributed by atoms with E-state index in [1.54, 1.807) is 11.4 Å². The Hall–Kier alpha value is -1.16. The molecule has 0 unspecified atom stereocenters.